The second kappa shape index (κ2) is 9.29. The molecule has 0 atom stereocenters. The van der Waals surface area contributed by atoms with Gasteiger partial charge >= 0.3 is 5.97 Å². The van der Waals surface area contributed by atoms with Gasteiger partial charge in [0.05, 0.1) is 11.3 Å². The van der Waals surface area contributed by atoms with E-state index in [9.17, 15) is 13.2 Å². The highest BCUT2D eigenvalue weighted by molar-refractivity contribution is 7.89. The van der Waals surface area contributed by atoms with Crippen LogP contribution in [-0.2, 0) is 39.0 Å². The first-order valence-electron chi connectivity index (χ1n) is 9.55. The Morgan fingerprint density at radius 2 is 1.89 bits per heavy atom. The van der Waals surface area contributed by atoms with Gasteiger partial charge in [0, 0.05) is 19.5 Å². The van der Waals surface area contributed by atoms with Crippen LogP contribution in [0, 0.1) is 0 Å². The molecule has 9 heteroatoms. The van der Waals surface area contributed by atoms with Crippen LogP contribution in [0.1, 0.15) is 49.9 Å². The first-order chi connectivity index (χ1) is 13.5. The lowest BCUT2D eigenvalue weighted by molar-refractivity contribution is -0.144. The highest BCUT2D eigenvalue weighted by Crippen LogP contribution is 2.21. The Morgan fingerprint density at radius 3 is 2.57 bits per heavy atom. The highest BCUT2D eigenvalue weighted by Gasteiger charge is 2.25. The van der Waals surface area contributed by atoms with Crippen LogP contribution in [0.15, 0.2) is 33.7 Å². The van der Waals surface area contributed by atoms with Gasteiger partial charge in [-0.2, -0.15) is 9.29 Å². The fourth-order valence-corrected chi connectivity index (χ4v) is 4.58. The Morgan fingerprint density at radius 1 is 1.18 bits per heavy atom. The van der Waals surface area contributed by atoms with Crippen molar-refractivity contribution >= 4 is 16.0 Å². The Balaban J connectivity index is 1.53. The predicted octanol–water partition coefficient (Wildman–Crippen LogP) is 2.48. The Kier molecular flexibility index (Phi) is 6.79. The van der Waals surface area contributed by atoms with Crippen molar-refractivity contribution in [2.45, 2.75) is 57.0 Å². The van der Waals surface area contributed by atoms with Crippen LogP contribution < -0.4 is 0 Å². The normalized spacial score (nSPS) is 15.5. The first kappa shape index (κ1) is 20.5. The summed E-state index contributed by atoms with van der Waals surface area (Å²) < 4.78 is 37.0. The maximum atomic E-state index is 12.6. The van der Waals surface area contributed by atoms with Crippen LogP contribution >= 0.6 is 0 Å². The van der Waals surface area contributed by atoms with Crippen molar-refractivity contribution in [3.63, 3.8) is 0 Å². The molecule has 1 saturated heterocycles. The summed E-state index contributed by atoms with van der Waals surface area (Å²) in [7, 11) is -3.47. The summed E-state index contributed by atoms with van der Waals surface area (Å²) in [4.78, 5) is 16.4. The lowest BCUT2D eigenvalue weighted by Crippen LogP contribution is -2.35. The van der Waals surface area contributed by atoms with E-state index < -0.39 is 16.0 Å². The Bertz CT molecular complexity index is 887. The molecule has 1 aromatic carbocycles. The second-order valence-electron chi connectivity index (χ2n) is 6.80. The standard InChI is InChI=1S/C19H25N3O5S/c1-2-6-17-20-18(27-21-17)14-26-19(23)13-15-7-9-16(10-8-15)28(24,25)22-11-4-3-5-12-22/h7-10H,2-6,11-14H2,1H3. The minimum absolute atomic E-state index is 0.0417. The third-order valence-electron chi connectivity index (χ3n) is 4.57. The minimum Gasteiger partial charge on any atom is -0.455 e. The first-order valence-corrected chi connectivity index (χ1v) is 11.0. The van der Waals surface area contributed by atoms with Gasteiger partial charge in [-0.05, 0) is 37.0 Å². The van der Waals surface area contributed by atoms with Gasteiger partial charge < -0.3 is 9.26 Å². The smallest absolute Gasteiger partial charge is 0.310 e. The fourth-order valence-electron chi connectivity index (χ4n) is 3.07. The van der Waals surface area contributed by atoms with E-state index in [2.05, 4.69) is 10.1 Å². The van der Waals surface area contributed by atoms with E-state index in [0.29, 0.717) is 30.9 Å². The quantitative estimate of drug-likeness (QED) is 0.619. The van der Waals surface area contributed by atoms with E-state index in [-0.39, 0.29) is 23.8 Å². The maximum absolute atomic E-state index is 12.6. The van der Waals surface area contributed by atoms with Crippen LogP contribution in [-0.4, -0.2) is 41.9 Å². The molecule has 0 spiro atoms. The van der Waals surface area contributed by atoms with Crippen molar-refractivity contribution in [2.24, 2.45) is 0 Å². The molecule has 1 aliphatic rings. The fraction of sp³-hybridized carbons (Fsp3) is 0.526. The molecular formula is C19H25N3O5S. The molecule has 2 aromatic rings. The molecule has 0 bridgehead atoms. The van der Waals surface area contributed by atoms with Gasteiger partial charge in [0.1, 0.15) is 0 Å². The zero-order valence-corrected chi connectivity index (χ0v) is 16.8. The van der Waals surface area contributed by atoms with Crippen molar-refractivity contribution in [1.82, 2.24) is 14.4 Å². The molecule has 2 heterocycles. The zero-order valence-electron chi connectivity index (χ0n) is 16.0. The molecule has 3 rings (SSSR count). The van der Waals surface area contributed by atoms with E-state index in [1.807, 2.05) is 6.92 Å². The van der Waals surface area contributed by atoms with Crippen LogP contribution in [0.2, 0.25) is 0 Å². The van der Waals surface area contributed by atoms with Crippen molar-refractivity contribution in [3.8, 4) is 0 Å². The number of sulfonamides is 1. The monoisotopic (exact) mass is 407 g/mol. The third-order valence-corrected chi connectivity index (χ3v) is 6.48. The van der Waals surface area contributed by atoms with Crippen molar-refractivity contribution in [1.29, 1.82) is 0 Å². The van der Waals surface area contributed by atoms with Crippen molar-refractivity contribution in [3.05, 3.63) is 41.5 Å². The number of aryl methyl sites for hydroxylation is 1. The summed E-state index contributed by atoms with van der Waals surface area (Å²) in [6.45, 7) is 3.06. The number of esters is 1. The largest absolute Gasteiger partial charge is 0.455 e. The molecule has 0 N–H and O–H groups in total. The van der Waals surface area contributed by atoms with Gasteiger partial charge in [-0.25, -0.2) is 8.42 Å². The summed E-state index contributed by atoms with van der Waals surface area (Å²) in [5.74, 6) is 0.417. The number of carbonyl (C=O) groups excluding carboxylic acids is 1. The van der Waals surface area contributed by atoms with Gasteiger partial charge in [0.2, 0.25) is 10.0 Å². The molecule has 1 aliphatic heterocycles. The number of aromatic nitrogens is 2. The van der Waals surface area contributed by atoms with Crippen LogP contribution in [0.5, 0.6) is 0 Å². The second-order valence-corrected chi connectivity index (χ2v) is 8.74. The van der Waals surface area contributed by atoms with Gasteiger partial charge in [-0.1, -0.05) is 30.6 Å². The van der Waals surface area contributed by atoms with Gasteiger partial charge in [-0.15, -0.1) is 0 Å². The summed E-state index contributed by atoms with van der Waals surface area (Å²) in [5.41, 5.74) is 0.680. The van der Waals surface area contributed by atoms with Gasteiger partial charge in [-0.3, -0.25) is 4.79 Å². The minimum atomic E-state index is -3.47. The topological polar surface area (TPSA) is 103 Å². The van der Waals surface area contributed by atoms with E-state index in [4.69, 9.17) is 9.26 Å². The molecule has 28 heavy (non-hydrogen) atoms. The Hall–Kier alpha value is -2.26. The number of piperidine rings is 1. The summed E-state index contributed by atoms with van der Waals surface area (Å²) in [6.07, 6.45) is 4.51. The number of benzene rings is 1. The molecule has 152 valence electrons. The van der Waals surface area contributed by atoms with Crippen LogP contribution in [0.4, 0.5) is 0 Å². The maximum Gasteiger partial charge on any atom is 0.310 e. The average Bonchev–Trinajstić information content (AvgIpc) is 3.15. The molecule has 0 radical (unpaired) electrons. The van der Waals surface area contributed by atoms with E-state index >= 15 is 0 Å². The molecular weight excluding hydrogens is 382 g/mol. The van der Waals surface area contributed by atoms with Gasteiger partial charge in [0.15, 0.2) is 12.4 Å². The zero-order chi connectivity index (χ0) is 20.0. The summed E-state index contributed by atoms with van der Waals surface area (Å²) >= 11 is 0. The lowest BCUT2D eigenvalue weighted by atomic mass is 10.1. The number of hydrogen-bond donors (Lipinski definition) is 0. The Labute approximate surface area is 164 Å². The van der Waals surface area contributed by atoms with Gasteiger partial charge in [0.25, 0.3) is 5.89 Å². The summed E-state index contributed by atoms with van der Waals surface area (Å²) in [5, 5.41) is 3.80. The molecule has 0 unspecified atom stereocenters. The number of rotatable bonds is 8. The highest BCUT2D eigenvalue weighted by atomic mass is 32.2. The molecule has 0 saturated carbocycles. The molecule has 1 aromatic heterocycles. The van der Waals surface area contributed by atoms with E-state index in [1.54, 1.807) is 24.3 Å². The van der Waals surface area contributed by atoms with Crippen LogP contribution in [0.3, 0.4) is 0 Å². The number of ether oxygens (including phenoxy) is 1. The average molecular weight is 407 g/mol. The van der Waals surface area contributed by atoms with Crippen molar-refractivity contribution in [2.75, 3.05) is 13.1 Å². The molecule has 0 aliphatic carbocycles. The van der Waals surface area contributed by atoms with Crippen molar-refractivity contribution < 1.29 is 22.5 Å². The SMILES string of the molecule is CCCc1noc(COC(=O)Cc2ccc(S(=O)(=O)N3CCCCC3)cc2)n1. The molecule has 8 nitrogen and oxygen atoms in total. The lowest BCUT2D eigenvalue weighted by Gasteiger charge is -2.25. The van der Waals surface area contributed by atoms with Crippen LogP contribution in [0.25, 0.3) is 0 Å². The number of nitrogens with zero attached hydrogens (tertiary/aromatic N) is 3. The predicted molar refractivity (Wildman–Crippen MR) is 101 cm³/mol. The molecule has 1 fully saturated rings. The summed E-state index contributed by atoms with van der Waals surface area (Å²) in [6, 6.07) is 6.37. The number of carbonyl (C=O) groups is 1. The molecule has 0 amide bonds. The third kappa shape index (κ3) is 5.17. The number of hydrogen-bond acceptors (Lipinski definition) is 7. The van der Waals surface area contributed by atoms with E-state index in [1.165, 1.54) is 4.31 Å². The van der Waals surface area contributed by atoms with E-state index in [0.717, 1.165) is 25.7 Å².